The third-order valence-electron chi connectivity index (χ3n) is 3.99. The molecular weight excluding hydrogens is 194 g/mol. The fraction of sp³-hybridized carbons (Fsp3) is 1.00. The van der Waals surface area contributed by atoms with Gasteiger partial charge in [0, 0.05) is 6.04 Å². The normalized spacial score (nSPS) is 46.0. The van der Waals surface area contributed by atoms with Crippen molar-refractivity contribution in [3.63, 3.8) is 0 Å². The van der Waals surface area contributed by atoms with Crippen LogP contribution in [0.1, 0.15) is 26.2 Å². The van der Waals surface area contributed by atoms with Crippen molar-refractivity contribution in [1.29, 1.82) is 0 Å². The summed E-state index contributed by atoms with van der Waals surface area (Å²) in [5, 5.41) is 29.0. The van der Waals surface area contributed by atoms with Crippen molar-refractivity contribution in [3.05, 3.63) is 0 Å². The minimum absolute atomic E-state index is 0.0619. The highest BCUT2D eigenvalue weighted by atomic mass is 16.3. The summed E-state index contributed by atoms with van der Waals surface area (Å²) in [7, 11) is 0. The molecule has 0 aliphatic carbocycles. The van der Waals surface area contributed by atoms with Gasteiger partial charge in [0.15, 0.2) is 0 Å². The Hall–Kier alpha value is -0.160. The number of aliphatic hydroxyl groups is 3. The first-order chi connectivity index (χ1) is 7.20. The zero-order valence-corrected chi connectivity index (χ0v) is 9.21. The summed E-state index contributed by atoms with van der Waals surface area (Å²) in [6, 6.07) is -0.191. The molecule has 2 rings (SSSR count). The topological polar surface area (TPSA) is 63.9 Å². The van der Waals surface area contributed by atoms with Crippen molar-refractivity contribution >= 4 is 0 Å². The van der Waals surface area contributed by atoms with Gasteiger partial charge in [-0.1, -0.05) is 13.3 Å². The predicted octanol–water partition coefficient (Wildman–Crippen LogP) is -0.427. The van der Waals surface area contributed by atoms with E-state index in [0.29, 0.717) is 5.92 Å². The zero-order valence-electron chi connectivity index (χ0n) is 9.21. The second-order valence-corrected chi connectivity index (χ2v) is 4.80. The highest BCUT2D eigenvalue weighted by Gasteiger charge is 2.52. The Morgan fingerprint density at radius 3 is 2.60 bits per heavy atom. The first-order valence-corrected chi connectivity index (χ1v) is 5.93. The summed E-state index contributed by atoms with van der Waals surface area (Å²) < 4.78 is 0. The van der Waals surface area contributed by atoms with Gasteiger partial charge < -0.3 is 15.3 Å². The molecule has 4 nitrogen and oxygen atoms in total. The van der Waals surface area contributed by atoms with E-state index in [2.05, 4.69) is 11.8 Å². The van der Waals surface area contributed by atoms with Crippen molar-refractivity contribution in [3.8, 4) is 0 Å². The lowest BCUT2D eigenvalue weighted by molar-refractivity contribution is 0.0106. The number of aliphatic hydroxyl groups excluding tert-OH is 3. The smallest absolute Gasteiger partial charge is 0.0991 e. The van der Waals surface area contributed by atoms with Crippen LogP contribution >= 0.6 is 0 Å². The molecule has 0 bridgehead atoms. The fourth-order valence-corrected chi connectivity index (χ4v) is 3.29. The molecule has 0 aromatic heterocycles. The molecule has 0 spiro atoms. The van der Waals surface area contributed by atoms with Gasteiger partial charge in [0.2, 0.25) is 0 Å². The van der Waals surface area contributed by atoms with E-state index < -0.39 is 12.2 Å². The standard InChI is InChI=1S/C11H21NO3/c1-2-3-7-4-5-12-8(6-13)10(14)11(15)9(7)12/h7-11,13-15H,2-6H2,1H3/t7-,8+,9-,10-,11-/m1/s1. The van der Waals surface area contributed by atoms with Gasteiger partial charge in [-0.05, 0) is 25.3 Å². The Morgan fingerprint density at radius 1 is 1.27 bits per heavy atom. The molecule has 0 unspecified atom stereocenters. The molecule has 2 aliphatic heterocycles. The average molecular weight is 215 g/mol. The maximum Gasteiger partial charge on any atom is 0.0991 e. The van der Waals surface area contributed by atoms with E-state index in [-0.39, 0.29) is 18.7 Å². The molecule has 0 aromatic rings. The molecule has 2 heterocycles. The van der Waals surface area contributed by atoms with E-state index >= 15 is 0 Å². The summed E-state index contributed by atoms with van der Waals surface area (Å²) in [6.45, 7) is 2.98. The lowest BCUT2D eigenvalue weighted by atomic mass is 9.91. The summed E-state index contributed by atoms with van der Waals surface area (Å²) in [5.74, 6) is 0.483. The van der Waals surface area contributed by atoms with Crippen LogP contribution in [-0.4, -0.2) is 57.7 Å². The lowest BCUT2D eigenvalue weighted by Gasteiger charge is -2.24. The summed E-state index contributed by atoms with van der Waals surface area (Å²) in [6.07, 6.45) is 1.84. The molecule has 15 heavy (non-hydrogen) atoms. The van der Waals surface area contributed by atoms with Gasteiger partial charge in [0.1, 0.15) is 0 Å². The van der Waals surface area contributed by atoms with Crippen molar-refractivity contribution in [1.82, 2.24) is 4.90 Å². The van der Waals surface area contributed by atoms with Crippen molar-refractivity contribution < 1.29 is 15.3 Å². The van der Waals surface area contributed by atoms with Crippen LogP contribution in [0.5, 0.6) is 0 Å². The number of hydrogen-bond acceptors (Lipinski definition) is 4. The van der Waals surface area contributed by atoms with Crippen LogP contribution in [0.2, 0.25) is 0 Å². The number of hydrogen-bond donors (Lipinski definition) is 3. The predicted molar refractivity (Wildman–Crippen MR) is 56.4 cm³/mol. The summed E-state index contributed by atoms with van der Waals surface area (Å²) in [4.78, 5) is 2.09. The SMILES string of the molecule is CCC[C@@H]1CCN2[C@H]1[C@@H](O)[C@H](O)[C@@H]2CO. The maximum absolute atomic E-state index is 9.96. The Balaban J connectivity index is 2.11. The molecule has 3 N–H and O–H groups in total. The first kappa shape index (κ1) is 11.3. The van der Waals surface area contributed by atoms with E-state index in [9.17, 15) is 15.3 Å². The third-order valence-corrected chi connectivity index (χ3v) is 3.99. The Bertz CT molecular complexity index is 222. The van der Waals surface area contributed by atoms with Crippen LogP contribution in [0.3, 0.4) is 0 Å². The van der Waals surface area contributed by atoms with Gasteiger partial charge in [0.25, 0.3) is 0 Å². The molecule has 4 heteroatoms. The van der Waals surface area contributed by atoms with Crippen LogP contribution in [-0.2, 0) is 0 Å². The van der Waals surface area contributed by atoms with Gasteiger partial charge >= 0.3 is 0 Å². The number of fused-ring (bicyclic) bond motifs is 1. The molecule has 5 atom stereocenters. The minimum atomic E-state index is -0.778. The molecule has 2 aliphatic rings. The Labute approximate surface area is 90.5 Å². The molecule has 2 fully saturated rings. The minimum Gasteiger partial charge on any atom is -0.395 e. The van der Waals surface area contributed by atoms with Crippen LogP contribution in [0.4, 0.5) is 0 Å². The van der Waals surface area contributed by atoms with Crippen LogP contribution in [0.15, 0.2) is 0 Å². The van der Waals surface area contributed by atoms with Crippen LogP contribution in [0.25, 0.3) is 0 Å². The van der Waals surface area contributed by atoms with Gasteiger partial charge in [0.05, 0.1) is 24.9 Å². The summed E-state index contributed by atoms with van der Waals surface area (Å²) in [5.41, 5.74) is 0. The monoisotopic (exact) mass is 215 g/mol. The van der Waals surface area contributed by atoms with Gasteiger partial charge in [-0.15, -0.1) is 0 Å². The van der Waals surface area contributed by atoms with Gasteiger partial charge in [-0.2, -0.15) is 0 Å². The van der Waals surface area contributed by atoms with E-state index in [1.807, 2.05) is 0 Å². The van der Waals surface area contributed by atoms with Crippen molar-refractivity contribution in [2.45, 2.75) is 50.5 Å². The molecule has 2 saturated heterocycles. The second-order valence-electron chi connectivity index (χ2n) is 4.80. The first-order valence-electron chi connectivity index (χ1n) is 5.93. The van der Waals surface area contributed by atoms with E-state index in [4.69, 9.17) is 0 Å². The highest BCUT2D eigenvalue weighted by Crippen LogP contribution is 2.38. The largest absolute Gasteiger partial charge is 0.395 e. The lowest BCUT2D eigenvalue weighted by Crippen LogP contribution is -2.39. The maximum atomic E-state index is 9.96. The zero-order chi connectivity index (χ0) is 11.0. The molecule has 0 radical (unpaired) electrons. The van der Waals surface area contributed by atoms with E-state index in [1.165, 1.54) is 0 Å². The number of rotatable bonds is 3. The quantitative estimate of drug-likeness (QED) is 0.598. The van der Waals surface area contributed by atoms with Crippen LogP contribution < -0.4 is 0 Å². The van der Waals surface area contributed by atoms with E-state index in [0.717, 1.165) is 25.8 Å². The molecule has 0 aromatic carbocycles. The number of nitrogens with zero attached hydrogens (tertiary/aromatic N) is 1. The Morgan fingerprint density at radius 2 is 2.00 bits per heavy atom. The molecule has 88 valence electrons. The molecule has 0 saturated carbocycles. The van der Waals surface area contributed by atoms with Crippen molar-refractivity contribution in [2.75, 3.05) is 13.2 Å². The van der Waals surface area contributed by atoms with Gasteiger partial charge in [-0.3, -0.25) is 4.90 Å². The van der Waals surface area contributed by atoms with Gasteiger partial charge in [-0.25, -0.2) is 0 Å². The fourth-order valence-electron chi connectivity index (χ4n) is 3.29. The second kappa shape index (κ2) is 4.37. The van der Waals surface area contributed by atoms with E-state index in [1.54, 1.807) is 0 Å². The Kier molecular flexibility index (Phi) is 3.30. The van der Waals surface area contributed by atoms with Crippen molar-refractivity contribution in [2.24, 2.45) is 5.92 Å². The molecular formula is C11H21NO3. The summed E-state index contributed by atoms with van der Waals surface area (Å²) >= 11 is 0. The average Bonchev–Trinajstić information content (AvgIpc) is 2.71. The van der Waals surface area contributed by atoms with Crippen LogP contribution in [0, 0.1) is 5.92 Å². The third kappa shape index (κ3) is 1.69. The highest BCUT2D eigenvalue weighted by molar-refractivity contribution is 5.06. The molecule has 0 amide bonds.